The summed E-state index contributed by atoms with van der Waals surface area (Å²) < 4.78 is 26.0. The fourth-order valence-corrected chi connectivity index (χ4v) is 4.74. The first-order chi connectivity index (χ1) is 16.6. The number of halogens is 1. The maximum Gasteiger partial charge on any atom is 0.230 e. The number of methoxy groups -OCH3 is 2. The van der Waals surface area contributed by atoms with Gasteiger partial charge in [-0.25, -0.2) is 4.39 Å². The highest BCUT2D eigenvalue weighted by molar-refractivity contribution is 8.00. The van der Waals surface area contributed by atoms with Gasteiger partial charge in [0, 0.05) is 35.1 Å². The van der Waals surface area contributed by atoms with Crippen LogP contribution < -0.4 is 14.8 Å². The van der Waals surface area contributed by atoms with Gasteiger partial charge in [0.15, 0.2) is 11.5 Å². The van der Waals surface area contributed by atoms with Crippen molar-refractivity contribution in [2.45, 2.75) is 17.9 Å². The quantitative estimate of drug-likeness (QED) is 0.315. The zero-order chi connectivity index (χ0) is 23.9. The maximum absolute atomic E-state index is 13.2. The molecule has 1 amide bonds. The average molecular weight is 479 g/mol. The van der Waals surface area contributed by atoms with Crippen LogP contribution in [0, 0.1) is 5.82 Å². The van der Waals surface area contributed by atoms with E-state index in [-0.39, 0.29) is 11.7 Å². The van der Waals surface area contributed by atoms with Crippen molar-refractivity contribution in [1.82, 2.24) is 9.88 Å². The number of thioether (sulfide) groups is 1. The lowest BCUT2D eigenvalue weighted by molar-refractivity contribution is -0.118. The van der Waals surface area contributed by atoms with Crippen molar-refractivity contribution in [3.63, 3.8) is 0 Å². The van der Waals surface area contributed by atoms with E-state index in [1.165, 1.54) is 23.9 Å². The Hall–Kier alpha value is -3.45. The zero-order valence-corrected chi connectivity index (χ0v) is 20.0. The van der Waals surface area contributed by atoms with Gasteiger partial charge in [0.2, 0.25) is 5.91 Å². The molecule has 4 rings (SSSR count). The van der Waals surface area contributed by atoms with Gasteiger partial charge in [-0.3, -0.25) is 4.79 Å². The summed E-state index contributed by atoms with van der Waals surface area (Å²) in [5, 5.41) is 4.10. The lowest BCUT2D eigenvalue weighted by Gasteiger charge is -2.10. The molecule has 0 saturated heterocycles. The highest BCUT2D eigenvalue weighted by Gasteiger charge is 2.12. The summed E-state index contributed by atoms with van der Waals surface area (Å²) >= 11 is 1.52. The lowest BCUT2D eigenvalue weighted by Crippen LogP contribution is -2.27. The molecule has 0 atom stereocenters. The number of hydrogen-bond donors (Lipinski definition) is 1. The second kappa shape index (κ2) is 11.1. The summed E-state index contributed by atoms with van der Waals surface area (Å²) in [7, 11) is 3.22. The average Bonchev–Trinajstić information content (AvgIpc) is 3.21. The topological polar surface area (TPSA) is 52.5 Å². The summed E-state index contributed by atoms with van der Waals surface area (Å²) in [6.07, 6.45) is 2.77. The molecule has 34 heavy (non-hydrogen) atoms. The van der Waals surface area contributed by atoms with E-state index in [1.807, 2.05) is 30.3 Å². The highest BCUT2D eigenvalue weighted by Crippen LogP contribution is 2.31. The number of amides is 1. The van der Waals surface area contributed by atoms with E-state index in [0.717, 1.165) is 26.9 Å². The Labute approximate surface area is 202 Å². The van der Waals surface area contributed by atoms with Crippen LogP contribution in [0.15, 0.2) is 77.8 Å². The Morgan fingerprint density at radius 3 is 2.47 bits per heavy atom. The second-order valence-corrected chi connectivity index (χ2v) is 8.86. The van der Waals surface area contributed by atoms with Crippen LogP contribution in [0.1, 0.15) is 11.1 Å². The summed E-state index contributed by atoms with van der Waals surface area (Å²) in [5.41, 5.74) is 3.17. The molecule has 5 nitrogen and oxygen atoms in total. The summed E-state index contributed by atoms with van der Waals surface area (Å²) in [4.78, 5) is 13.5. The first kappa shape index (κ1) is 23.7. The Morgan fingerprint density at radius 1 is 0.971 bits per heavy atom. The van der Waals surface area contributed by atoms with Crippen LogP contribution in [0.3, 0.4) is 0 Å². The van der Waals surface area contributed by atoms with Gasteiger partial charge in [-0.1, -0.05) is 36.4 Å². The largest absolute Gasteiger partial charge is 0.493 e. The molecular weight excluding hydrogens is 451 g/mol. The number of rotatable bonds is 10. The van der Waals surface area contributed by atoms with Gasteiger partial charge in [0.05, 0.1) is 20.0 Å². The Morgan fingerprint density at radius 2 is 1.71 bits per heavy atom. The van der Waals surface area contributed by atoms with E-state index in [0.29, 0.717) is 36.8 Å². The van der Waals surface area contributed by atoms with E-state index in [1.54, 1.807) is 26.4 Å². The molecule has 0 fully saturated rings. The van der Waals surface area contributed by atoms with Crippen LogP contribution in [-0.2, 0) is 17.8 Å². The first-order valence-electron chi connectivity index (χ1n) is 11.0. The third kappa shape index (κ3) is 5.72. The molecule has 0 aliphatic heterocycles. The summed E-state index contributed by atoms with van der Waals surface area (Å²) in [6, 6.07) is 20.4. The third-order valence-corrected chi connectivity index (χ3v) is 6.60. The number of ether oxygens (including phenoxy) is 2. The van der Waals surface area contributed by atoms with Crippen LogP contribution in [0.4, 0.5) is 4.39 Å². The van der Waals surface area contributed by atoms with Crippen molar-refractivity contribution in [3.05, 3.63) is 89.9 Å². The molecule has 0 saturated carbocycles. The fourth-order valence-electron chi connectivity index (χ4n) is 3.82. The molecule has 1 N–H and O–H groups in total. The van der Waals surface area contributed by atoms with Crippen molar-refractivity contribution in [3.8, 4) is 11.5 Å². The molecule has 0 unspecified atom stereocenters. The number of benzene rings is 3. The standard InChI is InChI=1S/C27H27FN2O3S/c1-32-24-12-9-19(15-25(24)33-2)13-14-29-27(31)18-34-26-17-30(23-6-4-3-5-22(23)26)16-20-7-10-21(28)11-8-20/h3-12,15,17H,13-14,16,18H2,1-2H3,(H,29,31). The zero-order valence-electron chi connectivity index (χ0n) is 19.2. The van der Waals surface area contributed by atoms with Crippen molar-refractivity contribution in [1.29, 1.82) is 0 Å². The van der Waals surface area contributed by atoms with Crippen LogP contribution in [0.25, 0.3) is 10.9 Å². The third-order valence-electron chi connectivity index (χ3n) is 5.56. The van der Waals surface area contributed by atoms with Crippen molar-refractivity contribution in [2.75, 3.05) is 26.5 Å². The van der Waals surface area contributed by atoms with E-state index in [4.69, 9.17) is 9.47 Å². The molecule has 4 aromatic rings. The molecule has 0 bridgehead atoms. The lowest BCUT2D eigenvalue weighted by atomic mass is 10.1. The minimum Gasteiger partial charge on any atom is -0.493 e. The van der Waals surface area contributed by atoms with Crippen LogP contribution >= 0.6 is 11.8 Å². The van der Waals surface area contributed by atoms with E-state index < -0.39 is 0 Å². The van der Waals surface area contributed by atoms with Gasteiger partial charge in [0.25, 0.3) is 0 Å². The second-order valence-electron chi connectivity index (χ2n) is 7.84. The molecule has 0 radical (unpaired) electrons. The van der Waals surface area contributed by atoms with Crippen LogP contribution in [0.2, 0.25) is 0 Å². The van der Waals surface area contributed by atoms with Crippen molar-refractivity contribution in [2.24, 2.45) is 0 Å². The molecule has 0 spiro atoms. The number of para-hydroxylation sites is 1. The van der Waals surface area contributed by atoms with Gasteiger partial charge < -0.3 is 19.4 Å². The number of carbonyl (C=O) groups is 1. The first-order valence-corrected chi connectivity index (χ1v) is 12.0. The molecule has 1 heterocycles. The smallest absolute Gasteiger partial charge is 0.230 e. The number of aromatic nitrogens is 1. The van der Waals surface area contributed by atoms with E-state index in [9.17, 15) is 9.18 Å². The minimum absolute atomic E-state index is 0.0131. The highest BCUT2D eigenvalue weighted by atomic mass is 32.2. The van der Waals surface area contributed by atoms with E-state index >= 15 is 0 Å². The van der Waals surface area contributed by atoms with E-state index in [2.05, 4.69) is 28.2 Å². The Kier molecular flexibility index (Phi) is 7.75. The number of nitrogens with one attached hydrogen (secondary N) is 1. The molecular formula is C27H27FN2O3S. The van der Waals surface area contributed by atoms with Gasteiger partial charge in [-0.05, 0) is 47.9 Å². The fraction of sp³-hybridized carbons (Fsp3) is 0.222. The summed E-state index contributed by atoms with van der Waals surface area (Å²) in [6.45, 7) is 1.18. The number of carbonyl (C=O) groups excluding carboxylic acids is 1. The van der Waals surface area contributed by atoms with Gasteiger partial charge in [0.1, 0.15) is 5.82 Å². The molecule has 7 heteroatoms. The Balaban J connectivity index is 1.35. The normalized spacial score (nSPS) is 10.9. The van der Waals surface area contributed by atoms with Gasteiger partial charge in [-0.15, -0.1) is 11.8 Å². The molecule has 0 aliphatic carbocycles. The molecule has 1 aromatic heterocycles. The predicted molar refractivity (Wildman–Crippen MR) is 134 cm³/mol. The van der Waals surface area contributed by atoms with Crippen LogP contribution in [-0.4, -0.2) is 37.0 Å². The number of fused-ring (bicyclic) bond motifs is 1. The number of nitrogens with zero attached hydrogens (tertiary/aromatic N) is 1. The minimum atomic E-state index is -0.241. The summed E-state index contributed by atoms with van der Waals surface area (Å²) in [5.74, 6) is 1.44. The molecule has 0 aliphatic rings. The van der Waals surface area contributed by atoms with Crippen molar-refractivity contribution >= 4 is 28.6 Å². The predicted octanol–water partition coefficient (Wildman–Crippen LogP) is 5.30. The SMILES string of the molecule is COc1ccc(CCNC(=O)CSc2cn(Cc3ccc(F)cc3)c3ccccc23)cc1OC. The molecule has 176 valence electrons. The maximum atomic E-state index is 13.2. The van der Waals surface area contributed by atoms with Crippen LogP contribution in [0.5, 0.6) is 11.5 Å². The number of hydrogen-bond acceptors (Lipinski definition) is 4. The molecule has 3 aromatic carbocycles. The van der Waals surface area contributed by atoms with Crippen molar-refractivity contribution < 1.29 is 18.7 Å². The monoisotopic (exact) mass is 478 g/mol. The van der Waals surface area contributed by atoms with Gasteiger partial charge in [-0.2, -0.15) is 0 Å². The van der Waals surface area contributed by atoms with Gasteiger partial charge >= 0.3 is 0 Å². The Bertz CT molecular complexity index is 1270.